The number of piperidine rings is 1. The number of guanidine groups is 1. The number of nitrogens with one attached hydrogen (secondary N) is 1. The summed E-state index contributed by atoms with van der Waals surface area (Å²) in [6, 6.07) is 5.36. The summed E-state index contributed by atoms with van der Waals surface area (Å²) in [5.41, 5.74) is 6.35. The van der Waals surface area contributed by atoms with Crippen LogP contribution in [0, 0.1) is 5.92 Å². The summed E-state index contributed by atoms with van der Waals surface area (Å²) in [4.78, 5) is 6.69. The number of hydrogen-bond donors (Lipinski definition) is 2. The van der Waals surface area contributed by atoms with Crippen LogP contribution >= 0.6 is 0 Å². The molecule has 1 aliphatic heterocycles. The molecule has 3 N–H and O–H groups in total. The number of alkyl halides is 3. The van der Waals surface area contributed by atoms with Crippen molar-refractivity contribution in [2.45, 2.75) is 32.5 Å². The first kappa shape index (κ1) is 19.4. The lowest BCUT2D eigenvalue weighted by Crippen LogP contribution is -2.34. The van der Waals surface area contributed by atoms with Crippen LogP contribution in [0.5, 0.6) is 5.75 Å². The molecular formula is C17H25F3N4O. The second-order valence-corrected chi connectivity index (χ2v) is 6.34. The fraction of sp³-hybridized carbons (Fsp3) is 0.588. The maximum absolute atomic E-state index is 12.1. The van der Waals surface area contributed by atoms with Crippen molar-refractivity contribution in [2.75, 3.05) is 31.5 Å². The van der Waals surface area contributed by atoms with Gasteiger partial charge >= 0.3 is 6.36 Å². The van der Waals surface area contributed by atoms with Gasteiger partial charge < -0.3 is 20.7 Å². The van der Waals surface area contributed by atoms with Gasteiger partial charge in [0.15, 0.2) is 5.96 Å². The average Bonchev–Trinajstić information content (AvgIpc) is 2.54. The molecule has 0 radical (unpaired) electrons. The van der Waals surface area contributed by atoms with E-state index in [9.17, 15) is 13.2 Å². The van der Waals surface area contributed by atoms with Gasteiger partial charge in [0, 0.05) is 12.2 Å². The van der Waals surface area contributed by atoms with Crippen molar-refractivity contribution in [2.24, 2.45) is 16.6 Å². The highest BCUT2D eigenvalue weighted by atomic mass is 19.4. The summed E-state index contributed by atoms with van der Waals surface area (Å²) in [6.45, 7) is 6.19. The maximum atomic E-state index is 12.1. The van der Waals surface area contributed by atoms with E-state index in [1.54, 1.807) is 0 Å². The lowest BCUT2D eigenvalue weighted by molar-refractivity contribution is -0.274. The number of hydrogen-bond acceptors (Lipinski definition) is 3. The summed E-state index contributed by atoms with van der Waals surface area (Å²) in [7, 11) is 0. The van der Waals surface area contributed by atoms with E-state index in [1.165, 1.54) is 37.1 Å². The van der Waals surface area contributed by atoms with E-state index in [0.717, 1.165) is 32.0 Å². The van der Waals surface area contributed by atoms with Gasteiger partial charge in [-0.1, -0.05) is 6.92 Å². The first-order valence-electron chi connectivity index (χ1n) is 8.47. The molecule has 5 nitrogen and oxygen atoms in total. The molecule has 0 aromatic heterocycles. The smallest absolute Gasteiger partial charge is 0.406 e. The minimum atomic E-state index is -4.69. The van der Waals surface area contributed by atoms with E-state index in [-0.39, 0.29) is 11.7 Å². The Kier molecular flexibility index (Phi) is 6.92. The van der Waals surface area contributed by atoms with Gasteiger partial charge in [0.25, 0.3) is 0 Å². The third-order valence-electron chi connectivity index (χ3n) is 4.15. The molecule has 2 rings (SSSR count). The second-order valence-electron chi connectivity index (χ2n) is 6.34. The number of aliphatic imine (C=N–C) groups is 1. The van der Waals surface area contributed by atoms with Crippen LogP contribution < -0.4 is 15.8 Å². The molecule has 25 heavy (non-hydrogen) atoms. The Morgan fingerprint density at radius 3 is 2.52 bits per heavy atom. The molecule has 0 saturated carbocycles. The molecule has 0 aliphatic carbocycles. The molecule has 1 aromatic carbocycles. The molecule has 1 saturated heterocycles. The third kappa shape index (κ3) is 7.64. The topological polar surface area (TPSA) is 62.9 Å². The molecule has 1 heterocycles. The fourth-order valence-electron chi connectivity index (χ4n) is 2.71. The van der Waals surface area contributed by atoms with Crippen LogP contribution in [-0.2, 0) is 0 Å². The minimum absolute atomic E-state index is 0.247. The van der Waals surface area contributed by atoms with Crippen LogP contribution in [0.25, 0.3) is 0 Å². The largest absolute Gasteiger partial charge is 0.573 e. The van der Waals surface area contributed by atoms with Crippen LogP contribution in [0.4, 0.5) is 18.9 Å². The van der Waals surface area contributed by atoms with Gasteiger partial charge in [-0.05, 0) is 69.1 Å². The highest BCUT2D eigenvalue weighted by molar-refractivity contribution is 5.92. The van der Waals surface area contributed by atoms with Crippen LogP contribution in [0.2, 0.25) is 0 Å². The molecule has 0 atom stereocenters. The Morgan fingerprint density at radius 1 is 1.28 bits per heavy atom. The molecule has 1 fully saturated rings. The van der Waals surface area contributed by atoms with Crippen molar-refractivity contribution >= 4 is 11.6 Å². The molecule has 0 spiro atoms. The Morgan fingerprint density at radius 2 is 1.92 bits per heavy atom. The third-order valence-corrected chi connectivity index (χ3v) is 4.15. The van der Waals surface area contributed by atoms with Crippen LogP contribution in [0.3, 0.4) is 0 Å². The van der Waals surface area contributed by atoms with Crippen LogP contribution in [-0.4, -0.2) is 43.4 Å². The van der Waals surface area contributed by atoms with Gasteiger partial charge in [-0.25, -0.2) is 0 Å². The Bertz CT molecular complexity index is 552. The first-order valence-corrected chi connectivity index (χ1v) is 8.47. The predicted molar refractivity (Wildman–Crippen MR) is 92.7 cm³/mol. The summed E-state index contributed by atoms with van der Waals surface area (Å²) in [6.07, 6.45) is -1.26. The quantitative estimate of drug-likeness (QED) is 0.465. The summed E-state index contributed by atoms with van der Waals surface area (Å²) in [5.74, 6) is 0.795. The SMILES string of the molecule is CC1CCN(CCCN=C(N)Nc2ccc(OC(F)(F)F)cc2)CC1. The van der Waals surface area contributed by atoms with Gasteiger partial charge in [0.1, 0.15) is 5.75 Å². The fourth-order valence-corrected chi connectivity index (χ4v) is 2.71. The van der Waals surface area contributed by atoms with Gasteiger partial charge in [-0.15, -0.1) is 13.2 Å². The average molecular weight is 358 g/mol. The normalized spacial score (nSPS) is 17.5. The number of halogens is 3. The Hall–Kier alpha value is -1.96. The van der Waals surface area contributed by atoms with Gasteiger partial charge in [0.2, 0.25) is 0 Å². The molecule has 0 bridgehead atoms. The number of nitrogens with two attached hydrogens (primary N) is 1. The summed E-state index contributed by atoms with van der Waals surface area (Å²) < 4.78 is 40.1. The van der Waals surface area contributed by atoms with Crippen molar-refractivity contribution in [1.29, 1.82) is 0 Å². The van der Waals surface area contributed by atoms with Crippen molar-refractivity contribution in [3.63, 3.8) is 0 Å². The molecule has 0 unspecified atom stereocenters. The standard InChI is InChI=1S/C17H25F3N4O/c1-13-7-11-24(12-8-13)10-2-9-22-16(21)23-14-3-5-15(6-4-14)25-17(18,19)20/h3-6,13H,2,7-12H2,1H3,(H3,21,22,23). The number of nitrogens with zero attached hydrogens (tertiary/aromatic N) is 2. The van der Waals surface area contributed by atoms with E-state index in [0.29, 0.717) is 12.2 Å². The monoisotopic (exact) mass is 358 g/mol. The molecular weight excluding hydrogens is 333 g/mol. The van der Waals surface area contributed by atoms with Crippen LogP contribution in [0.15, 0.2) is 29.3 Å². The lowest BCUT2D eigenvalue weighted by Gasteiger charge is -2.29. The number of benzene rings is 1. The van der Waals surface area contributed by atoms with E-state index < -0.39 is 6.36 Å². The van der Waals surface area contributed by atoms with Crippen LogP contribution in [0.1, 0.15) is 26.2 Å². The summed E-state index contributed by atoms with van der Waals surface area (Å²) in [5, 5.41) is 2.85. The minimum Gasteiger partial charge on any atom is -0.406 e. The Balaban J connectivity index is 1.70. The Labute approximate surface area is 146 Å². The zero-order chi connectivity index (χ0) is 18.3. The maximum Gasteiger partial charge on any atom is 0.573 e. The molecule has 8 heteroatoms. The zero-order valence-corrected chi connectivity index (χ0v) is 14.4. The highest BCUT2D eigenvalue weighted by Gasteiger charge is 2.30. The van der Waals surface area contributed by atoms with Crippen molar-refractivity contribution in [1.82, 2.24) is 4.90 Å². The van der Waals surface area contributed by atoms with Crippen molar-refractivity contribution in [3.8, 4) is 5.75 Å². The number of likely N-dealkylation sites (tertiary alicyclic amines) is 1. The number of ether oxygens (including phenoxy) is 1. The van der Waals surface area contributed by atoms with Crippen molar-refractivity contribution < 1.29 is 17.9 Å². The highest BCUT2D eigenvalue weighted by Crippen LogP contribution is 2.23. The van der Waals surface area contributed by atoms with Gasteiger partial charge in [-0.2, -0.15) is 0 Å². The van der Waals surface area contributed by atoms with E-state index >= 15 is 0 Å². The molecule has 140 valence electrons. The van der Waals surface area contributed by atoms with E-state index in [4.69, 9.17) is 5.73 Å². The second kappa shape index (κ2) is 8.94. The number of anilines is 1. The van der Waals surface area contributed by atoms with Gasteiger partial charge in [-0.3, -0.25) is 4.99 Å². The summed E-state index contributed by atoms with van der Waals surface area (Å²) >= 11 is 0. The lowest BCUT2D eigenvalue weighted by atomic mass is 9.99. The predicted octanol–water partition coefficient (Wildman–Crippen LogP) is 3.43. The van der Waals surface area contributed by atoms with Crippen molar-refractivity contribution in [3.05, 3.63) is 24.3 Å². The van der Waals surface area contributed by atoms with Gasteiger partial charge in [0.05, 0.1) is 0 Å². The number of rotatable bonds is 6. The molecule has 0 amide bonds. The molecule has 1 aromatic rings. The zero-order valence-electron chi connectivity index (χ0n) is 14.4. The van der Waals surface area contributed by atoms with E-state index in [2.05, 4.69) is 26.9 Å². The molecule has 1 aliphatic rings. The van der Waals surface area contributed by atoms with E-state index in [1.807, 2.05) is 0 Å². The first-order chi connectivity index (χ1) is 11.8.